The third-order valence-electron chi connectivity index (χ3n) is 5.25. The normalized spacial score (nSPS) is 15.1. The van der Waals surface area contributed by atoms with Crippen LogP contribution in [0.4, 0.5) is 5.95 Å². The number of aryl methyl sites for hydroxylation is 1. The zero-order chi connectivity index (χ0) is 21.8. The minimum atomic E-state index is -0.340. The fraction of sp³-hybridized carbons (Fsp3) is 0.348. The summed E-state index contributed by atoms with van der Waals surface area (Å²) in [6.07, 6.45) is 0.939. The molecule has 162 valence electrons. The Morgan fingerprint density at radius 3 is 2.68 bits per heavy atom. The van der Waals surface area contributed by atoms with Crippen LogP contribution in [0.5, 0.6) is 0 Å². The van der Waals surface area contributed by atoms with Gasteiger partial charge in [0.05, 0.1) is 24.2 Å². The maximum atomic E-state index is 13.0. The van der Waals surface area contributed by atoms with Crippen LogP contribution in [0, 0.1) is 0 Å². The van der Waals surface area contributed by atoms with Crippen molar-refractivity contribution in [1.29, 1.82) is 0 Å². The second kappa shape index (κ2) is 9.85. The van der Waals surface area contributed by atoms with E-state index in [0.29, 0.717) is 29.0 Å². The molecular formula is C23H25ClN4O2S. The lowest BCUT2D eigenvalue weighted by Gasteiger charge is -2.28. The molecule has 0 spiro atoms. The Morgan fingerprint density at radius 2 is 1.94 bits per heavy atom. The molecule has 0 amide bonds. The van der Waals surface area contributed by atoms with E-state index in [4.69, 9.17) is 16.3 Å². The van der Waals surface area contributed by atoms with Gasteiger partial charge in [0.25, 0.3) is 0 Å². The molecule has 1 aromatic heterocycles. The summed E-state index contributed by atoms with van der Waals surface area (Å²) >= 11 is 7.49. The van der Waals surface area contributed by atoms with Crippen LogP contribution in [0.2, 0.25) is 5.02 Å². The Hall–Kier alpha value is -2.35. The summed E-state index contributed by atoms with van der Waals surface area (Å²) in [7, 11) is 0. The first-order valence-electron chi connectivity index (χ1n) is 10.4. The fourth-order valence-corrected chi connectivity index (χ4v) is 4.67. The van der Waals surface area contributed by atoms with Crippen molar-refractivity contribution in [3.8, 4) is 5.69 Å². The number of ketones is 1. The molecule has 1 aliphatic rings. The van der Waals surface area contributed by atoms with Gasteiger partial charge in [0.15, 0.2) is 10.9 Å². The zero-order valence-electron chi connectivity index (χ0n) is 17.6. The molecular weight excluding hydrogens is 432 g/mol. The Labute approximate surface area is 191 Å². The number of nitrogens with zero attached hydrogens (tertiary/aromatic N) is 4. The van der Waals surface area contributed by atoms with Gasteiger partial charge in [-0.1, -0.05) is 54.6 Å². The first kappa shape index (κ1) is 21.9. The second-order valence-electron chi connectivity index (χ2n) is 7.38. The van der Waals surface area contributed by atoms with Crippen molar-refractivity contribution < 1.29 is 9.53 Å². The van der Waals surface area contributed by atoms with Crippen LogP contribution in [-0.4, -0.2) is 52.1 Å². The number of hydrogen-bond acceptors (Lipinski definition) is 6. The van der Waals surface area contributed by atoms with E-state index < -0.39 is 0 Å². The third-order valence-corrected chi connectivity index (χ3v) is 6.53. The average Bonchev–Trinajstić information content (AvgIpc) is 3.22. The molecule has 0 saturated carbocycles. The van der Waals surface area contributed by atoms with Gasteiger partial charge >= 0.3 is 0 Å². The van der Waals surface area contributed by atoms with Gasteiger partial charge in [-0.05, 0) is 43.2 Å². The molecule has 0 N–H and O–H groups in total. The van der Waals surface area contributed by atoms with Gasteiger partial charge < -0.3 is 9.64 Å². The van der Waals surface area contributed by atoms with Crippen molar-refractivity contribution in [2.24, 2.45) is 0 Å². The number of aromatic nitrogens is 3. The molecule has 8 heteroatoms. The number of morpholine rings is 1. The lowest BCUT2D eigenvalue weighted by molar-refractivity contribution is 0.0994. The third kappa shape index (κ3) is 4.95. The molecule has 31 heavy (non-hydrogen) atoms. The Balaban J connectivity index is 1.68. The topological polar surface area (TPSA) is 60.2 Å². The van der Waals surface area contributed by atoms with Crippen LogP contribution in [0.25, 0.3) is 5.69 Å². The molecule has 3 aromatic rings. The first-order valence-corrected chi connectivity index (χ1v) is 11.7. The Kier molecular flexibility index (Phi) is 6.95. The first-order chi connectivity index (χ1) is 15.1. The van der Waals surface area contributed by atoms with E-state index >= 15 is 0 Å². The van der Waals surface area contributed by atoms with Crippen LogP contribution in [0.1, 0.15) is 29.8 Å². The van der Waals surface area contributed by atoms with Gasteiger partial charge in [0, 0.05) is 23.7 Å². The number of carbonyl (C=O) groups excluding carboxylic acids is 1. The second-order valence-corrected chi connectivity index (χ2v) is 9.12. The number of rotatable bonds is 7. The van der Waals surface area contributed by atoms with E-state index in [0.717, 1.165) is 31.1 Å². The minimum absolute atomic E-state index is 0.0114. The number of hydrogen-bond donors (Lipinski definition) is 0. The van der Waals surface area contributed by atoms with Gasteiger partial charge in [-0.15, -0.1) is 10.2 Å². The number of halogens is 1. The lowest BCUT2D eigenvalue weighted by atomic mass is 10.1. The Bertz CT molecular complexity index is 1070. The number of anilines is 1. The van der Waals surface area contributed by atoms with E-state index in [1.54, 1.807) is 24.3 Å². The minimum Gasteiger partial charge on any atom is -0.378 e. The molecule has 0 radical (unpaired) electrons. The predicted molar refractivity (Wildman–Crippen MR) is 125 cm³/mol. The number of carbonyl (C=O) groups is 1. The Morgan fingerprint density at radius 1 is 1.16 bits per heavy atom. The van der Waals surface area contributed by atoms with Gasteiger partial charge in [-0.3, -0.25) is 9.36 Å². The van der Waals surface area contributed by atoms with Crippen LogP contribution in [0.15, 0.2) is 53.7 Å². The van der Waals surface area contributed by atoms with E-state index in [9.17, 15) is 4.79 Å². The number of thioether (sulfide) groups is 1. The standard InChI is InChI=1S/C23H25ClN4O2S/c1-3-17-6-4-9-20(14-17)28-22(27-10-12-30-13-11-27)25-26-23(28)31-16(2)21(29)18-7-5-8-19(24)15-18/h4-9,14-16H,3,10-13H2,1-2H3. The maximum Gasteiger partial charge on any atom is 0.232 e. The SMILES string of the molecule is CCc1cccc(-n2c(SC(C)C(=O)c3cccc(Cl)c3)nnc2N2CCOCC2)c1. The smallest absolute Gasteiger partial charge is 0.232 e. The highest BCUT2D eigenvalue weighted by Crippen LogP contribution is 2.31. The highest BCUT2D eigenvalue weighted by Gasteiger charge is 2.25. The predicted octanol–water partition coefficient (Wildman–Crippen LogP) is 4.68. The fourth-order valence-electron chi connectivity index (χ4n) is 3.54. The molecule has 1 fully saturated rings. The van der Waals surface area contributed by atoms with E-state index in [2.05, 4.69) is 44.8 Å². The summed E-state index contributed by atoms with van der Waals surface area (Å²) < 4.78 is 7.56. The molecule has 1 unspecified atom stereocenters. The summed E-state index contributed by atoms with van der Waals surface area (Å²) in [5.74, 6) is 0.790. The number of Topliss-reactive ketones (excluding diaryl/α,β-unsaturated/α-hetero) is 1. The van der Waals surface area contributed by atoms with E-state index in [-0.39, 0.29) is 11.0 Å². The monoisotopic (exact) mass is 456 g/mol. The van der Waals surface area contributed by atoms with E-state index in [1.165, 1.54) is 17.3 Å². The van der Waals surface area contributed by atoms with Crippen molar-refractivity contribution in [3.63, 3.8) is 0 Å². The van der Waals surface area contributed by atoms with Gasteiger partial charge in [0.1, 0.15) is 0 Å². The molecule has 4 rings (SSSR count). The van der Waals surface area contributed by atoms with Crippen molar-refractivity contribution in [3.05, 3.63) is 64.7 Å². The van der Waals surface area contributed by atoms with Gasteiger partial charge in [-0.25, -0.2) is 0 Å². The highest BCUT2D eigenvalue weighted by atomic mass is 35.5. The summed E-state index contributed by atoms with van der Waals surface area (Å²) in [6, 6.07) is 15.4. The summed E-state index contributed by atoms with van der Waals surface area (Å²) in [5.41, 5.74) is 2.83. The molecule has 2 aromatic carbocycles. The molecule has 0 bridgehead atoms. The largest absolute Gasteiger partial charge is 0.378 e. The van der Waals surface area contributed by atoms with Crippen LogP contribution >= 0.6 is 23.4 Å². The molecule has 1 saturated heterocycles. The van der Waals surface area contributed by atoms with Crippen LogP contribution in [0.3, 0.4) is 0 Å². The van der Waals surface area contributed by atoms with Crippen molar-refractivity contribution >= 4 is 35.1 Å². The molecule has 2 heterocycles. The summed E-state index contributed by atoms with van der Waals surface area (Å²) in [6.45, 7) is 6.86. The zero-order valence-corrected chi connectivity index (χ0v) is 19.2. The summed E-state index contributed by atoms with van der Waals surface area (Å²) in [4.78, 5) is 15.2. The number of benzene rings is 2. The van der Waals surface area contributed by atoms with Gasteiger partial charge in [0.2, 0.25) is 5.95 Å². The molecule has 1 aliphatic heterocycles. The molecule has 6 nitrogen and oxygen atoms in total. The average molecular weight is 457 g/mol. The maximum absolute atomic E-state index is 13.0. The van der Waals surface area contributed by atoms with Crippen molar-refractivity contribution in [2.75, 3.05) is 31.2 Å². The quantitative estimate of drug-likeness (QED) is 0.380. The highest BCUT2D eigenvalue weighted by molar-refractivity contribution is 8.00. The number of ether oxygens (including phenoxy) is 1. The molecule has 1 atom stereocenters. The molecule has 0 aliphatic carbocycles. The van der Waals surface area contributed by atoms with E-state index in [1.807, 2.05) is 13.0 Å². The van der Waals surface area contributed by atoms with Crippen molar-refractivity contribution in [2.45, 2.75) is 30.7 Å². The van der Waals surface area contributed by atoms with Crippen LogP contribution in [-0.2, 0) is 11.2 Å². The summed E-state index contributed by atoms with van der Waals surface area (Å²) in [5, 5.41) is 9.88. The lowest BCUT2D eigenvalue weighted by Crippen LogP contribution is -2.37. The van der Waals surface area contributed by atoms with Gasteiger partial charge in [-0.2, -0.15) is 0 Å². The van der Waals surface area contributed by atoms with Crippen LogP contribution < -0.4 is 4.90 Å². The van der Waals surface area contributed by atoms with Crippen molar-refractivity contribution in [1.82, 2.24) is 14.8 Å².